The van der Waals surface area contributed by atoms with Gasteiger partial charge in [-0.2, -0.15) is 0 Å². The fourth-order valence-electron chi connectivity index (χ4n) is 4.06. The number of anilines is 1. The molecule has 0 heterocycles. The molecular weight excluding hydrogens is 534 g/mol. The molecule has 0 bridgehead atoms. The quantitative estimate of drug-likeness (QED) is 0.369. The number of benzene rings is 3. The van der Waals surface area contributed by atoms with Crippen molar-refractivity contribution in [2.24, 2.45) is 0 Å². The Balaban J connectivity index is 2.06. The largest absolute Gasteiger partial charge is 0.350 e. The number of halogens is 1. The van der Waals surface area contributed by atoms with E-state index in [9.17, 15) is 18.0 Å². The number of carbonyl (C=O) groups is 2. The molecule has 208 valence electrons. The Morgan fingerprint density at radius 3 is 2.10 bits per heavy atom. The zero-order chi connectivity index (χ0) is 29.0. The van der Waals surface area contributed by atoms with Crippen LogP contribution < -0.4 is 9.62 Å². The highest BCUT2D eigenvalue weighted by Gasteiger charge is 2.34. The van der Waals surface area contributed by atoms with E-state index in [0.717, 1.165) is 9.87 Å². The van der Waals surface area contributed by atoms with Crippen LogP contribution in [0, 0.1) is 13.8 Å². The standard InChI is InChI=1S/C30H36ClN3O4S/c1-21-15-17-25(18-16-21)39(37,38)34(27-14-10-7-11-22(27)2)20-28(35)33(19-24-12-8-9-13-26(24)31)23(3)29(36)32-30(4,5)6/h7-18,23H,19-20H2,1-6H3,(H,32,36)/t23-/m0/s1. The summed E-state index contributed by atoms with van der Waals surface area (Å²) in [6, 6.07) is 19.6. The second-order valence-electron chi connectivity index (χ2n) is 10.6. The van der Waals surface area contributed by atoms with E-state index >= 15 is 0 Å². The Bertz CT molecular complexity index is 1430. The van der Waals surface area contributed by atoms with Crippen molar-refractivity contribution in [2.45, 2.75) is 64.6 Å². The third kappa shape index (κ3) is 7.61. The Morgan fingerprint density at radius 1 is 0.923 bits per heavy atom. The minimum atomic E-state index is -4.12. The van der Waals surface area contributed by atoms with E-state index in [1.165, 1.54) is 17.0 Å². The molecule has 2 amide bonds. The minimum Gasteiger partial charge on any atom is -0.350 e. The van der Waals surface area contributed by atoms with E-state index < -0.39 is 34.1 Å². The molecule has 39 heavy (non-hydrogen) atoms. The van der Waals surface area contributed by atoms with Crippen LogP contribution in [0.15, 0.2) is 77.7 Å². The summed E-state index contributed by atoms with van der Waals surface area (Å²) in [7, 11) is -4.12. The maximum atomic E-state index is 14.0. The molecule has 0 unspecified atom stereocenters. The minimum absolute atomic E-state index is 0.0312. The van der Waals surface area contributed by atoms with Crippen molar-refractivity contribution in [3.05, 3.63) is 94.5 Å². The van der Waals surface area contributed by atoms with Crippen LogP contribution in [0.25, 0.3) is 0 Å². The maximum absolute atomic E-state index is 14.0. The molecule has 0 radical (unpaired) electrons. The highest BCUT2D eigenvalue weighted by molar-refractivity contribution is 7.92. The maximum Gasteiger partial charge on any atom is 0.264 e. The molecule has 9 heteroatoms. The van der Waals surface area contributed by atoms with Gasteiger partial charge in [0.2, 0.25) is 11.8 Å². The van der Waals surface area contributed by atoms with Crippen LogP contribution in [0.5, 0.6) is 0 Å². The molecule has 3 rings (SSSR count). The van der Waals surface area contributed by atoms with Gasteiger partial charge in [0.25, 0.3) is 10.0 Å². The summed E-state index contributed by atoms with van der Waals surface area (Å²) in [4.78, 5) is 28.6. The number of carbonyl (C=O) groups excluding carboxylic acids is 2. The Morgan fingerprint density at radius 2 is 1.51 bits per heavy atom. The third-order valence-electron chi connectivity index (χ3n) is 6.24. The zero-order valence-corrected chi connectivity index (χ0v) is 24.8. The van der Waals surface area contributed by atoms with Crippen molar-refractivity contribution in [2.75, 3.05) is 10.8 Å². The SMILES string of the molecule is Cc1ccc(S(=O)(=O)N(CC(=O)N(Cc2ccccc2Cl)[C@@H](C)C(=O)NC(C)(C)C)c2ccccc2C)cc1. The molecule has 0 aliphatic heterocycles. The predicted octanol–water partition coefficient (Wildman–Crippen LogP) is 5.48. The number of hydrogen-bond acceptors (Lipinski definition) is 4. The highest BCUT2D eigenvalue weighted by Crippen LogP contribution is 2.28. The van der Waals surface area contributed by atoms with E-state index in [0.29, 0.717) is 21.8 Å². The lowest BCUT2D eigenvalue weighted by molar-refractivity contribution is -0.140. The zero-order valence-electron chi connectivity index (χ0n) is 23.2. The van der Waals surface area contributed by atoms with Crippen LogP contribution in [0.3, 0.4) is 0 Å². The number of aryl methyl sites for hydroxylation is 2. The topological polar surface area (TPSA) is 86.8 Å². The number of nitrogens with zero attached hydrogens (tertiary/aromatic N) is 2. The van der Waals surface area contributed by atoms with Crippen molar-refractivity contribution < 1.29 is 18.0 Å². The molecule has 0 aliphatic rings. The summed E-state index contributed by atoms with van der Waals surface area (Å²) in [5.74, 6) is -0.892. The first-order valence-corrected chi connectivity index (χ1v) is 14.5. The molecule has 0 spiro atoms. The van der Waals surface area contributed by atoms with Gasteiger partial charge in [0.05, 0.1) is 10.6 Å². The lowest BCUT2D eigenvalue weighted by Crippen LogP contribution is -2.54. The van der Waals surface area contributed by atoms with Gasteiger partial charge < -0.3 is 10.2 Å². The van der Waals surface area contributed by atoms with Gasteiger partial charge in [-0.1, -0.05) is 65.7 Å². The summed E-state index contributed by atoms with van der Waals surface area (Å²) >= 11 is 6.41. The van der Waals surface area contributed by atoms with Crippen LogP contribution in [-0.2, 0) is 26.2 Å². The molecule has 0 saturated heterocycles. The predicted molar refractivity (Wildman–Crippen MR) is 156 cm³/mol. The Hall–Kier alpha value is -3.36. The first kappa shape index (κ1) is 30.2. The molecule has 0 fully saturated rings. The van der Waals surface area contributed by atoms with Crippen molar-refractivity contribution in [1.82, 2.24) is 10.2 Å². The Labute approximate surface area is 236 Å². The molecule has 1 N–H and O–H groups in total. The molecule has 0 aliphatic carbocycles. The molecule has 3 aromatic carbocycles. The van der Waals surface area contributed by atoms with Crippen LogP contribution in [0.1, 0.15) is 44.4 Å². The van der Waals surface area contributed by atoms with Crippen molar-refractivity contribution in [3.63, 3.8) is 0 Å². The lowest BCUT2D eigenvalue weighted by Gasteiger charge is -2.34. The van der Waals surface area contributed by atoms with Crippen LogP contribution >= 0.6 is 11.6 Å². The fourth-order valence-corrected chi connectivity index (χ4v) is 5.74. The van der Waals surface area contributed by atoms with E-state index in [2.05, 4.69) is 5.32 Å². The van der Waals surface area contributed by atoms with E-state index in [-0.39, 0.29) is 17.3 Å². The normalized spacial score (nSPS) is 12.5. The number of amides is 2. The number of hydrogen-bond donors (Lipinski definition) is 1. The average Bonchev–Trinajstić information content (AvgIpc) is 2.86. The number of para-hydroxylation sites is 1. The van der Waals surface area contributed by atoms with Gasteiger partial charge >= 0.3 is 0 Å². The van der Waals surface area contributed by atoms with Crippen LogP contribution in [0.4, 0.5) is 5.69 Å². The molecule has 0 saturated carbocycles. The van der Waals surface area contributed by atoms with E-state index in [4.69, 9.17) is 11.6 Å². The lowest BCUT2D eigenvalue weighted by atomic mass is 10.1. The second-order valence-corrected chi connectivity index (χ2v) is 12.9. The monoisotopic (exact) mass is 569 g/mol. The fraction of sp³-hybridized carbons (Fsp3) is 0.333. The average molecular weight is 570 g/mol. The van der Waals surface area contributed by atoms with Gasteiger partial charge in [0, 0.05) is 17.1 Å². The Kier molecular flexibility index (Phi) is 9.46. The summed E-state index contributed by atoms with van der Waals surface area (Å²) in [6.45, 7) is 10.4. The summed E-state index contributed by atoms with van der Waals surface area (Å²) < 4.78 is 28.9. The van der Waals surface area contributed by atoms with E-state index in [1.807, 2.05) is 27.7 Å². The molecular formula is C30H36ClN3O4S. The van der Waals surface area contributed by atoms with Crippen LogP contribution in [-0.4, -0.2) is 43.3 Å². The van der Waals surface area contributed by atoms with Crippen LogP contribution in [0.2, 0.25) is 5.02 Å². The first-order chi connectivity index (χ1) is 18.2. The first-order valence-electron chi connectivity index (χ1n) is 12.7. The van der Waals surface area contributed by atoms with Gasteiger partial charge in [0.15, 0.2) is 0 Å². The van der Waals surface area contributed by atoms with Crippen molar-refractivity contribution in [1.29, 1.82) is 0 Å². The molecule has 3 aromatic rings. The van der Waals surface area contributed by atoms with Gasteiger partial charge in [0.1, 0.15) is 12.6 Å². The van der Waals surface area contributed by atoms with Gasteiger partial charge in [-0.05, 0) is 76.9 Å². The number of rotatable bonds is 9. The smallest absolute Gasteiger partial charge is 0.264 e. The summed E-state index contributed by atoms with van der Waals surface area (Å²) in [5, 5.41) is 3.36. The molecule has 7 nitrogen and oxygen atoms in total. The summed E-state index contributed by atoms with van der Waals surface area (Å²) in [5.41, 5.74) is 2.11. The van der Waals surface area contributed by atoms with Crippen molar-refractivity contribution in [3.8, 4) is 0 Å². The molecule has 1 atom stereocenters. The number of sulfonamides is 1. The molecule has 0 aromatic heterocycles. The van der Waals surface area contributed by atoms with Crippen molar-refractivity contribution >= 4 is 39.1 Å². The van der Waals surface area contributed by atoms with E-state index in [1.54, 1.807) is 74.5 Å². The van der Waals surface area contributed by atoms with Gasteiger partial charge in [-0.3, -0.25) is 13.9 Å². The third-order valence-corrected chi connectivity index (χ3v) is 8.38. The summed E-state index contributed by atoms with van der Waals surface area (Å²) in [6.07, 6.45) is 0. The highest BCUT2D eigenvalue weighted by atomic mass is 35.5. The van der Waals surface area contributed by atoms with Gasteiger partial charge in [-0.25, -0.2) is 8.42 Å². The second kappa shape index (κ2) is 12.2. The van der Waals surface area contributed by atoms with Gasteiger partial charge in [-0.15, -0.1) is 0 Å². The number of nitrogens with one attached hydrogen (secondary N) is 1.